The molecule has 75 valence electrons. The Hall–Kier alpha value is 0. The van der Waals surface area contributed by atoms with Crippen molar-refractivity contribution < 1.29 is 0 Å². The normalized spacial score (nSPS) is 37.6. The van der Waals surface area contributed by atoms with Crippen LogP contribution in [-0.2, 0) is 0 Å². The number of hydrogen-bond donors (Lipinski definition) is 0. The Morgan fingerprint density at radius 2 is 1.46 bits per heavy atom. The molecule has 0 amide bonds. The maximum atomic E-state index is 2.42. The molecule has 2 aliphatic rings. The summed E-state index contributed by atoms with van der Waals surface area (Å²) in [5.74, 6) is 4.00. The zero-order valence-corrected chi connectivity index (χ0v) is 9.02. The van der Waals surface area contributed by atoms with Crippen LogP contribution in [0.5, 0.6) is 0 Å². The summed E-state index contributed by atoms with van der Waals surface area (Å²) in [5, 5.41) is 0. The predicted molar refractivity (Wildman–Crippen MR) is 57.5 cm³/mol. The van der Waals surface area contributed by atoms with Crippen molar-refractivity contribution in [1.82, 2.24) is 0 Å². The Morgan fingerprint density at radius 3 is 2.08 bits per heavy atom. The van der Waals surface area contributed by atoms with Crippen LogP contribution >= 0.6 is 0 Å². The molecule has 0 heterocycles. The van der Waals surface area contributed by atoms with Crippen molar-refractivity contribution >= 4 is 0 Å². The average Bonchev–Trinajstić information content (AvgIpc) is 2.20. The fraction of sp³-hybridized carbons (Fsp3) is 0.923. The highest BCUT2D eigenvalue weighted by Gasteiger charge is 2.27. The summed E-state index contributed by atoms with van der Waals surface area (Å²) in [6.45, 7) is 2.42. The van der Waals surface area contributed by atoms with Crippen molar-refractivity contribution in [2.45, 2.75) is 64.7 Å². The molecule has 2 rings (SSSR count). The highest BCUT2D eigenvalue weighted by atomic mass is 14.3. The summed E-state index contributed by atoms with van der Waals surface area (Å²) >= 11 is 0. The molecule has 0 aromatic heterocycles. The molecule has 2 aliphatic carbocycles. The van der Waals surface area contributed by atoms with E-state index < -0.39 is 0 Å². The van der Waals surface area contributed by atoms with Crippen LogP contribution in [0.15, 0.2) is 0 Å². The molecular weight excluding hydrogens is 156 g/mol. The van der Waals surface area contributed by atoms with Crippen LogP contribution in [-0.4, -0.2) is 0 Å². The van der Waals surface area contributed by atoms with E-state index in [1.807, 2.05) is 5.92 Å². The minimum absolute atomic E-state index is 1.01. The van der Waals surface area contributed by atoms with Crippen molar-refractivity contribution in [3.63, 3.8) is 0 Å². The molecule has 0 aliphatic heterocycles. The van der Waals surface area contributed by atoms with Crippen LogP contribution in [0.4, 0.5) is 0 Å². The average molecular weight is 179 g/mol. The highest BCUT2D eigenvalue weighted by Crippen LogP contribution is 2.40. The van der Waals surface area contributed by atoms with Crippen molar-refractivity contribution in [3.05, 3.63) is 5.92 Å². The van der Waals surface area contributed by atoms with Crippen molar-refractivity contribution in [2.24, 2.45) is 11.8 Å². The van der Waals surface area contributed by atoms with Gasteiger partial charge in [0.15, 0.2) is 0 Å². The van der Waals surface area contributed by atoms with E-state index in [4.69, 9.17) is 0 Å². The van der Waals surface area contributed by atoms with Crippen LogP contribution in [0.3, 0.4) is 0 Å². The fourth-order valence-electron chi connectivity index (χ4n) is 3.08. The summed E-state index contributed by atoms with van der Waals surface area (Å²) in [7, 11) is 0. The SMILES string of the molecule is CC1CCC([C]2CCCCC2)CC1. The quantitative estimate of drug-likeness (QED) is 0.561. The molecule has 2 saturated carbocycles. The lowest BCUT2D eigenvalue weighted by atomic mass is 9.71. The summed E-state index contributed by atoms with van der Waals surface area (Å²) < 4.78 is 0. The largest absolute Gasteiger partial charge is 0.0625 e. The second kappa shape index (κ2) is 4.48. The summed E-state index contributed by atoms with van der Waals surface area (Å²) in [6, 6.07) is 0. The molecule has 0 atom stereocenters. The third-order valence-corrected chi connectivity index (χ3v) is 4.09. The van der Waals surface area contributed by atoms with Crippen molar-refractivity contribution in [3.8, 4) is 0 Å². The van der Waals surface area contributed by atoms with Gasteiger partial charge in [-0.1, -0.05) is 39.0 Å². The van der Waals surface area contributed by atoms with Crippen LogP contribution in [0.1, 0.15) is 64.7 Å². The first-order chi connectivity index (χ1) is 6.36. The first-order valence-corrected chi connectivity index (χ1v) is 6.21. The lowest BCUT2D eigenvalue weighted by Gasteiger charge is -2.34. The van der Waals surface area contributed by atoms with Crippen LogP contribution in [0.2, 0.25) is 0 Å². The van der Waals surface area contributed by atoms with E-state index in [1.54, 1.807) is 0 Å². The minimum atomic E-state index is 1.01. The molecule has 0 N–H and O–H groups in total. The Kier molecular flexibility index (Phi) is 3.29. The molecule has 0 aromatic carbocycles. The monoisotopic (exact) mass is 179 g/mol. The molecule has 0 aromatic rings. The predicted octanol–water partition coefficient (Wildman–Crippen LogP) is 4.35. The van der Waals surface area contributed by atoms with Gasteiger partial charge in [-0.15, -0.1) is 0 Å². The molecule has 0 saturated heterocycles. The fourth-order valence-corrected chi connectivity index (χ4v) is 3.08. The summed E-state index contributed by atoms with van der Waals surface area (Å²) in [4.78, 5) is 0. The topological polar surface area (TPSA) is 0 Å². The Bertz CT molecular complexity index is 136. The van der Waals surface area contributed by atoms with E-state index >= 15 is 0 Å². The van der Waals surface area contributed by atoms with Gasteiger partial charge in [0.1, 0.15) is 0 Å². The van der Waals surface area contributed by atoms with Crippen molar-refractivity contribution in [1.29, 1.82) is 0 Å². The molecule has 1 radical (unpaired) electrons. The molecule has 13 heavy (non-hydrogen) atoms. The van der Waals surface area contributed by atoms with Crippen LogP contribution < -0.4 is 0 Å². The van der Waals surface area contributed by atoms with Crippen LogP contribution in [0.25, 0.3) is 0 Å². The van der Waals surface area contributed by atoms with Crippen LogP contribution in [0, 0.1) is 17.8 Å². The van der Waals surface area contributed by atoms with Gasteiger partial charge in [0, 0.05) is 0 Å². The van der Waals surface area contributed by atoms with Gasteiger partial charge in [-0.25, -0.2) is 0 Å². The second-order valence-electron chi connectivity index (χ2n) is 5.18. The molecule has 0 nitrogen and oxygen atoms in total. The van der Waals surface area contributed by atoms with Gasteiger partial charge in [-0.2, -0.15) is 0 Å². The molecule has 0 heteroatoms. The number of hydrogen-bond acceptors (Lipinski definition) is 0. The van der Waals surface area contributed by atoms with Gasteiger partial charge in [0.2, 0.25) is 0 Å². The first-order valence-electron chi connectivity index (χ1n) is 6.21. The van der Waals surface area contributed by atoms with E-state index in [9.17, 15) is 0 Å². The Labute approximate surface area is 83.1 Å². The summed E-state index contributed by atoms with van der Waals surface area (Å²) in [6.07, 6.45) is 13.4. The van der Waals surface area contributed by atoms with E-state index in [0.29, 0.717) is 0 Å². The van der Waals surface area contributed by atoms with Crippen molar-refractivity contribution in [2.75, 3.05) is 0 Å². The minimum Gasteiger partial charge on any atom is -0.0625 e. The zero-order valence-electron chi connectivity index (χ0n) is 9.02. The van der Waals surface area contributed by atoms with Gasteiger partial charge in [-0.3, -0.25) is 0 Å². The lowest BCUT2D eigenvalue weighted by molar-refractivity contribution is 0.272. The van der Waals surface area contributed by atoms with E-state index in [1.165, 1.54) is 57.8 Å². The third kappa shape index (κ3) is 2.48. The van der Waals surface area contributed by atoms with E-state index in [2.05, 4.69) is 6.92 Å². The molecule has 0 unspecified atom stereocenters. The Balaban J connectivity index is 1.79. The molecule has 0 bridgehead atoms. The third-order valence-electron chi connectivity index (χ3n) is 4.09. The molecule has 0 spiro atoms. The van der Waals surface area contributed by atoms with Gasteiger partial charge in [0.05, 0.1) is 0 Å². The maximum absolute atomic E-state index is 2.42. The van der Waals surface area contributed by atoms with Gasteiger partial charge < -0.3 is 0 Å². The van der Waals surface area contributed by atoms with Gasteiger partial charge in [-0.05, 0) is 43.4 Å². The van der Waals surface area contributed by atoms with E-state index in [0.717, 1.165) is 11.8 Å². The second-order valence-corrected chi connectivity index (χ2v) is 5.18. The Morgan fingerprint density at radius 1 is 0.846 bits per heavy atom. The molecular formula is C13H23. The summed E-state index contributed by atoms with van der Waals surface area (Å²) in [5.41, 5.74) is 0. The van der Waals surface area contributed by atoms with Gasteiger partial charge in [0.25, 0.3) is 0 Å². The first kappa shape index (κ1) is 9.55. The van der Waals surface area contributed by atoms with Gasteiger partial charge >= 0.3 is 0 Å². The highest BCUT2D eigenvalue weighted by molar-refractivity contribution is 4.99. The number of rotatable bonds is 1. The maximum Gasteiger partial charge on any atom is -0.0210 e. The zero-order chi connectivity index (χ0) is 9.10. The lowest BCUT2D eigenvalue weighted by Crippen LogP contribution is -2.21. The smallest absolute Gasteiger partial charge is 0.0210 e. The molecule has 2 fully saturated rings. The van der Waals surface area contributed by atoms with E-state index in [-0.39, 0.29) is 0 Å². The standard InChI is InChI=1S/C13H23/c1-11-7-9-13(10-8-11)12-5-3-2-4-6-12/h11,13H,2-10H2,1H3.